The quantitative estimate of drug-likeness (QED) is 0.256. The normalized spacial score (nSPS) is 21.9. The Balaban J connectivity index is 1.56. The van der Waals surface area contributed by atoms with Crippen molar-refractivity contribution in [3.05, 3.63) is 133 Å². The van der Waals surface area contributed by atoms with Crippen molar-refractivity contribution in [2.45, 2.75) is 50.5 Å². The summed E-state index contributed by atoms with van der Waals surface area (Å²) in [4.78, 5) is 2.42. The van der Waals surface area contributed by atoms with E-state index in [2.05, 4.69) is 54.5 Å². The molecule has 3 aromatic rings. The zero-order chi connectivity index (χ0) is 25.0. The third-order valence-electron chi connectivity index (χ3n) is 6.65. The van der Waals surface area contributed by atoms with Gasteiger partial charge in [0.2, 0.25) is 0 Å². The van der Waals surface area contributed by atoms with E-state index in [-0.39, 0.29) is 24.3 Å². The van der Waals surface area contributed by atoms with E-state index in [4.69, 9.17) is 14.2 Å². The van der Waals surface area contributed by atoms with Gasteiger partial charge in [-0.3, -0.25) is 4.90 Å². The molecule has 0 unspecified atom stereocenters. The second-order valence-corrected chi connectivity index (χ2v) is 9.17. The molecule has 36 heavy (non-hydrogen) atoms. The van der Waals surface area contributed by atoms with Crippen LogP contribution in [0.5, 0.6) is 0 Å². The molecule has 0 radical (unpaired) electrons. The smallest absolute Gasteiger partial charge is 0.103 e. The van der Waals surface area contributed by atoms with Crippen LogP contribution in [0.1, 0.15) is 23.1 Å². The molecule has 0 aromatic heterocycles. The summed E-state index contributed by atoms with van der Waals surface area (Å²) in [6, 6.07) is 31.0. The highest BCUT2D eigenvalue weighted by molar-refractivity contribution is 5.16. The van der Waals surface area contributed by atoms with Crippen LogP contribution in [0.4, 0.5) is 0 Å². The predicted molar refractivity (Wildman–Crippen MR) is 145 cm³/mol. The van der Waals surface area contributed by atoms with E-state index >= 15 is 0 Å². The highest BCUT2D eigenvalue weighted by Gasteiger charge is 2.49. The maximum Gasteiger partial charge on any atom is 0.103 e. The van der Waals surface area contributed by atoms with Crippen molar-refractivity contribution in [1.82, 2.24) is 4.90 Å². The highest BCUT2D eigenvalue weighted by atomic mass is 16.5. The molecule has 4 heteroatoms. The minimum Gasteiger partial charge on any atom is -0.375 e. The van der Waals surface area contributed by atoms with Crippen molar-refractivity contribution >= 4 is 0 Å². The zero-order valence-electron chi connectivity index (χ0n) is 21.0. The van der Waals surface area contributed by atoms with Gasteiger partial charge in [-0.05, 0) is 23.1 Å². The van der Waals surface area contributed by atoms with Crippen molar-refractivity contribution < 1.29 is 14.2 Å². The van der Waals surface area contributed by atoms with Crippen LogP contribution in [0.15, 0.2) is 116 Å². The Labute approximate surface area is 215 Å². The average Bonchev–Trinajstić information content (AvgIpc) is 3.19. The third kappa shape index (κ3) is 7.02. The number of benzene rings is 3. The summed E-state index contributed by atoms with van der Waals surface area (Å²) in [7, 11) is 0. The minimum absolute atomic E-state index is 0.0288. The number of hydrogen-bond acceptors (Lipinski definition) is 4. The first-order valence-electron chi connectivity index (χ1n) is 12.7. The molecule has 1 heterocycles. The van der Waals surface area contributed by atoms with Crippen molar-refractivity contribution in [2.24, 2.45) is 0 Å². The molecule has 0 saturated carbocycles. The van der Waals surface area contributed by atoms with Crippen LogP contribution >= 0.6 is 0 Å². The Kier molecular flexibility index (Phi) is 10.1. The van der Waals surface area contributed by atoms with Gasteiger partial charge in [-0.25, -0.2) is 0 Å². The van der Waals surface area contributed by atoms with Crippen LogP contribution < -0.4 is 0 Å². The van der Waals surface area contributed by atoms with Gasteiger partial charge in [0.1, 0.15) is 12.2 Å². The minimum atomic E-state index is -0.158. The van der Waals surface area contributed by atoms with Crippen molar-refractivity contribution in [3.63, 3.8) is 0 Å². The summed E-state index contributed by atoms with van der Waals surface area (Å²) < 4.78 is 19.5. The molecular formula is C32H37NO3. The molecule has 0 N–H and O–H groups in total. The third-order valence-corrected chi connectivity index (χ3v) is 6.65. The molecule has 1 aliphatic rings. The lowest BCUT2D eigenvalue weighted by Crippen LogP contribution is -2.42. The lowest BCUT2D eigenvalue weighted by atomic mass is 10.0. The van der Waals surface area contributed by atoms with Gasteiger partial charge < -0.3 is 14.2 Å². The van der Waals surface area contributed by atoms with Gasteiger partial charge >= 0.3 is 0 Å². The fraction of sp³-hybridized carbons (Fsp3) is 0.312. The molecule has 0 spiro atoms. The van der Waals surface area contributed by atoms with Gasteiger partial charge in [0.05, 0.1) is 32.5 Å². The number of likely N-dealkylation sites (tertiary alicyclic amines) is 1. The van der Waals surface area contributed by atoms with Gasteiger partial charge in [0, 0.05) is 12.6 Å². The van der Waals surface area contributed by atoms with Crippen LogP contribution in [-0.4, -0.2) is 42.3 Å². The van der Waals surface area contributed by atoms with Crippen molar-refractivity contribution in [1.29, 1.82) is 0 Å². The fourth-order valence-corrected chi connectivity index (χ4v) is 4.93. The average molecular weight is 484 g/mol. The maximum absolute atomic E-state index is 6.64. The molecule has 3 aromatic carbocycles. The van der Waals surface area contributed by atoms with E-state index in [0.717, 1.165) is 29.7 Å². The number of ether oxygens (including phenoxy) is 3. The first-order valence-corrected chi connectivity index (χ1v) is 12.7. The molecule has 1 fully saturated rings. The van der Waals surface area contributed by atoms with Crippen molar-refractivity contribution in [2.75, 3.05) is 13.2 Å². The van der Waals surface area contributed by atoms with Crippen LogP contribution in [0.2, 0.25) is 0 Å². The summed E-state index contributed by atoms with van der Waals surface area (Å²) >= 11 is 0. The molecule has 1 aliphatic heterocycles. The van der Waals surface area contributed by atoms with Crippen LogP contribution in [0, 0.1) is 0 Å². The molecule has 0 aliphatic carbocycles. The van der Waals surface area contributed by atoms with Gasteiger partial charge in [-0.1, -0.05) is 103 Å². The lowest BCUT2D eigenvalue weighted by molar-refractivity contribution is -0.0862. The Morgan fingerprint density at radius 1 is 0.611 bits per heavy atom. The summed E-state index contributed by atoms with van der Waals surface area (Å²) in [5.74, 6) is 0. The van der Waals surface area contributed by atoms with Crippen LogP contribution in [0.3, 0.4) is 0 Å². The number of hydrogen-bond donors (Lipinski definition) is 0. The highest BCUT2D eigenvalue weighted by Crippen LogP contribution is 2.34. The Morgan fingerprint density at radius 3 is 1.56 bits per heavy atom. The molecule has 0 bridgehead atoms. The number of nitrogens with zero attached hydrogens (tertiary/aromatic N) is 1. The molecule has 188 valence electrons. The lowest BCUT2D eigenvalue weighted by Gasteiger charge is -2.29. The van der Waals surface area contributed by atoms with E-state index in [1.54, 1.807) is 0 Å². The molecule has 0 amide bonds. The monoisotopic (exact) mass is 483 g/mol. The van der Waals surface area contributed by atoms with E-state index in [0.29, 0.717) is 26.4 Å². The van der Waals surface area contributed by atoms with Crippen LogP contribution in [-0.2, 0) is 34.0 Å². The molecule has 4 atom stereocenters. The van der Waals surface area contributed by atoms with Gasteiger partial charge in [0.25, 0.3) is 0 Å². The summed E-state index contributed by atoms with van der Waals surface area (Å²) in [6.07, 6.45) is 4.44. The van der Waals surface area contributed by atoms with E-state index in [9.17, 15) is 0 Å². The fourth-order valence-electron chi connectivity index (χ4n) is 4.93. The topological polar surface area (TPSA) is 30.9 Å². The Hall–Kier alpha value is -3.02. The summed E-state index contributed by atoms with van der Waals surface area (Å²) in [5, 5.41) is 0. The Morgan fingerprint density at radius 2 is 1.08 bits per heavy atom. The standard InChI is InChI=1S/C32H37NO3/c1-3-14-29-31(35-23-27-17-10-6-11-18-27)32(36-24-28-19-12-7-13-20-28)30(33(29)21-4-2)25-34-22-26-15-8-5-9-16-26/h3-13,15-20,29-32H,1-2,14,21-25H2/t29-,30-,31-,32-/m1/s1. The van der Waals surface area contributed by atoms with E-state index in [1.807, 2.05) is 66.7 Å². The van der Waals surface area contributed by atoms with Crippen molar-refractivity contribution in [3.8, 4) is 0 Å². The van der Waals surface area contributed by atoms with Gasteiger partial charge in [-0.2, -0.15) is 0 Å². The maximum atomic E-state index is 6.64. The first kappa shape index (κ1) is 26.1. The molecule has 1 saturated heterocycles. The molecule has 4 nitrogen and oxygen atoms in total. The van der Waals surface area contributed by atoms with E-state index in [1.165, 1.54) is 0 Å². The largest absolute Gasteiger partial charge is 0.375 e. The SMILES string of the molecule is C=CC[C@@H]1[C@@H](OCc2ccccc2)[C@H](OCc2ccccc2)[C@@H](COCc2ccccc2)N1CC=C. The predicted octanol–water partition coefficient (Wildman–Crippen LogP) is 6.19. The summed E-state index contributed by atoms with van der Waals surface area (Å²) in [6.45, 7) is 11.0. The number of rotatable bonds is 14. The second-order valence-electron chi connectivity index (χ2n) is 9.17. The first-order chi connectivity index (χ1) is 17.8. The zero-order valence-corrected chi connectivity index (χ0v) is 21.0. The van der Waals surface area contributed by atoms with E-state index < -0.39 is 0 Å². The van der Waals surface area contributed by atoms with Crippen LogP contribution in [0.25, 0.3) is 0 Å². The molecular weight excluding hydrogens is 446 g/mol. The Bertz CT molecular complexity index is 1040. The van der Waals surface area contributed by atoms with Gasteiger partial charge in [-0.15, -0.1) is 13.2 Å². The summed E-state index contributed by atoms with van der Waals surface area (Å²) in [5.41, 5.74) is 3.45. The second kappa shape index (κ2) is 13.9. The van der Waals surface area contributed by atoms with Gasteiger partial charge in [0.15, 0.2) is 0 Å². The molecule has 4 rings (SSSR count).